The lowest BCUT2D eigenvalue weighted by atomic mass is 9.82. The molecule has 2 atom stereocenters. The molecule has 3 aliphatic rings. The third-order valence-electron chi connectivity index (χ3n) is 5.68. The van der Waals surface area contributed by atoms with Crippen LogP contribution in [0.1, 0.15) is 64.7 Å². The fourth-order valence-corrected chi connectivity index (χ4v) is 4.08. The van der Waals surface area contributed by atoms with E-state index in [2.05, 4.69) is 5.32 Å². The van der Waals surface area contributed by atoms with Crippen LogP contribution < -0.4 is 5.32 Å². The van der Waals surface area contributed by atoms with Crippen molar-refractivity contribution in [1.82, 2.24) is 10.2 Å². The molecule has 21 heavy (non-hydrogen) atoms. The van der Waals surface area contributed by atoms with Crippen LogP contribution in [0.5, 0.6) is 0 Å². The number of carbonyl (C=O) groups excluding carboxylic acids is 2. The number of nitrogens with one attached hydrogen (secondary N) is 1. The van der Waals surface area contributed by atoms with E-state index in [0.717, 1.165) is 19.4 Å². The normalized spacial score (nSPS) is 32.5. The summed E-state index contributed by atoms with van der Waals surface area (Å²) in [6.45, 7) is 2.89. The van der Waals surface area contributed by atoms with Gasteiger partial charge in [-0.15, -0.1) is 0 Å². The number of hydrogen-bond donors (Lipinski definition) is 1. The third kappa shape index (κ3) is 3.24. The monoisotopic (exact) mass is 292 g/mol. The average molecular weight is 292 g/mol. The first-order valence-corrected chi connectivity index (χ1v) is 8.75. The first-order chi connectivity index (χ1) is 10.1. The van der Waals surface area contributed by atoms with Gasteiger partial charge < -0.3 is 10.2 Å². The van der Waals surface area contributed by atoms with E-state index in [4.69, 9.17) is 0 Å². The van der Waals surface area contributed by atoms with E-state index in [1.807, 2.05) is 11.8 Å². The van der Waals surface area contributed by atoms with Gasteiger partial charge in [-0.3, -0.25) is 9.59 Å². The molecule has 1 heterocycles. The Labute approximate surface area is 127 Å². The molecule has 2 aliphatic carbocycles. The van der Waals surface area contributed by atoms with E-state index in [9.17, 15) is 9.59 Å². The lowest BCUT2D eigenvalue weighted by Crippen LogP contribution is -2.52. The molecule has 1 N–H and O–H groups in total. The van der Waals surface area contributed by atoms with E-state index in [0.29, 0.717) is 18.3 Å². The van der Waals surface area contributed by atoms with Gasteiger partial charge >= 0.3 is 0 Å². The maximum Gasteiger partial charge on any atom is 0.245 e. The Morgan fingerprint density at radius 1 is 1.05 bits per heavy atom. The van der Waals surface area contributed by atoms with Gasteiger partial charge in [0.25, 0.3) is 0 Å². The van der Waals surface area contributed by atoms with Crippen molar-refractivity contribution in [3.8, 4) is 0 Å². The Hall–Kier alpha value is -1.06. The molecule has 0 aromatic carbocycles. The highest BCUT2D eigenvalue weighted by molar-refractivity contribution is 5.90. The maximum absolute atomic E-state index is 13.0. The molecule has 0 radical (unpaired) electrons. The van der Waals surface area contributed by atoms with Crippen LogP contribution in [0.25, 0.3) is 0 Å². The summed E-state index contributed by atoms with van der Waals surface area (Å²) in [5, 5.41) is 3.04. The highest BCUT2D eigenvalue weighted by Crippen LogP contribution is 2.32. The molecule has 3 fully saturated rings. The zero-order valence-corrected chi connectivity index (χ0v) is 13.1. The molecule has 0 aromatic heterocycles. The van der Waals surface area contributed by atoms with Gasteiger partial charge in [-0.2, -0.15) is 0 Å². The quantitative estimate of drug-likeness (QED) is 0.868. The first kappa shape index (κ1) is 14.9. The molecule has 2 unspecified atom stereocenters. The number of nitrogens with zero attached hydrogens (tertiary/aromatic N) is 1. The Balaban J connectivity index is 1.74. The van der Waals surface area contributed by atoms with E-state index < -0.39 is 0 Å². The summed E-state index contributed by atoms with van der Waals surface area (Å²) in [6, 6.07) is -0.213. The molecule has 1 aliphatic heterocycles. The molecule has 1 saturated heterocycles. The van der Waals surface area contributed by atoms with Gasteiger partial charge in [-0.1, -0.05) is 25.7 Å². The van der Waals surface area contributed by atoms with Gasteiger partial charge in [-0.25, -0.2) is 0 Å². The van der Waals surface area contributed by atoms with Gasteiger partial charge in [0.05, 0.1) is 0 Å². The fraction of sp³-hybridized carbons (Fsp3) is 0.882. The molecule has 0 spiro atoms. The summed E-state index contributed by atoms with van der Waals surface area (Å²) in [6.07, 6.45) is 10.1. The topological polar surface area (TPSA) is 49.4 Å². The van der Waals surface area contributed by atoms with E-state index >= 15 is 0 Å². The van der Waals surface area contributed by atoms with Crippen LogP contribution >= 0.6 is 0 Å². The molecule has 4 nitrogen and oxygen atoms in total. The Morgan fingerprint density at radius 3 is 2.38 bits per heavy atom. The zero-order valence-electron chi connectivity index (χ0n) is 13.1. The van der Waals surface area contributed by atoms with Gasteiger partial charge in [0, 0.05) is 19.0 Å². The van der Waals surface area contributed by atoms with Gasteiger partial charge in [0.15, 0.2) is 0 Å². The SMILES string of the molecule is CC1CC(=O)NC(C2CCCCC2)C(=O)N1CC1CCC1. The number of carbonyl (C=O) groups is 2. The fourth-order valence-electron chi connectivity index (χ4n) is 4.08. The van der Waals surface area contributed by atoms with Crippen molar-refractivity contribution in [3.05, 3.63) is 0 Å². The first-order valence-electron chi connectivity index (χ1n) is 8.75. The Bertz CT molecular complexity index is 400. The molecule has 2 amide bonds. The lowest BCUT2D eigenvalue weighted by molar-refractivity contribution is -0.137. The molecular formula is C17H28N2O2. The minimum atomic E-state index is -0.261. The Kier molecular flexibility index (Phi) is 4.51. The van der Waals surface area contributed by atoms with Crippen molar-refractivity contribution in [2.45, 2.75) is 76.8 Å². The molecule has 4 heteroatoms. The Morgan fingerprint density at radius 2 is 1.76 bits per heavy atom. The molecule has 118 valence electrons. The third-order valence-corrected chi connectivity index (χ3v) is 5.68. The molecule has 2 saturated carbocycles. The second-order valence-electron chi connectivity index (χ2n) is 7.28. The van der Waals surface area contributed by atoms with Crippen LogP contribution in [0.15, 0.2) is 0 Å². The summed E-state index contributed by atoms with van der Waals surface area (Å²) >= 11 is 0. The predicted octanol–water partition coefficient (Wildman–Crippen LogP) is 2.47. The summed E-state index contributed by atoms with van der Waals surface area (Å²) < 4.78 is 0. The minimum Gasteiger partial charge on any atom is -0.344 e. The van der Waals surface area contributed by atoms with Crippen molar-refractivity contribution < 1.29 is 9.59 Å². The minimum absolute atomic E-state index is 0.0479. The zero-order chi connectivity index (χ0) is 14.8. The van der Waals surface area contributed by atoms with Crippen molar-refractivity contribution >= 4 is 11.8 Å². The van der Waals surface area contributed by atoms with Crippen LogP contribution in [0.2, 0.25) is 0 Å². The van der Waals surface area contributed by atoms with Crippen molar-refractivity contribution in [1.29, 1.82) is 0 Å². The average Bonchev–Trinajstić information content (AvgIpc) is 2.53. The summed E-state index contributed by atoms with van der Waals surface area (Å²) in [5.74, 6) is 1.26. The van der Waals surface area contributed by atoms with Crippen LogP contribution in [0, 0.1) is 11.8 Å². The van der Waals surface area contributed by atoms with Crippen LogP contribution in [-0.2, 0) is 9.59 Å². The lowest BCUT2D eigenvalue weighted by Gasteiger charge is -2.37. The van der Waals surface area contributed by atoms with E-state index in [1.54, 1.807) is 0 Å². The maximum atomic E-state index is 13.0. The second-order valence-corrected chi connectivity index (χ2v) is 7.28. The summed E-state index contributed by atoms with van der Waals surface area (Å²) in [5.41, 5.74) is 0. The highest BCUT2D eigenvalue weighted by atomic mass is 16.2. The number of rotatable bonds is 3. The van der Waals surface area contributed by atoms with Crippen LogP contribution in [-0.4, -0.2) is 35.3 Å². The highest BCUT2D eigenvalue weighted by Gasteiger charge is 2.39. The van der Waals surface area contributed by atoms with E-state index in [1.165, 1.54) is 38.5 Å². The van der Waals surface area contributed by atoms with Gasteiger partial charge in [-0.05, 0) is 44.4 Å². The van der Waals surface area contributed by atoms with Gasteiger partial charge in [0.1, 0.15) is 6.04 Å². The number of hydrogen-bond acceptors (Lipinski definition) is 2. The predicted molar refractivity (Wildman–Crippen MR) is 81.6 cm³/mol. The standard InChI is InChI=1S/C17H28N2O2/c1-12-10-15(20)18-16(14-8-3-2-4-9-14)17(21)19(12)11-13-6-5-7-13/h12-14,16H,2-11H2,1H3,(H,18,20). The molecule has 0 aromatic rings. The molecule has 0 bridgehead atoms. The van der Waals surface area contributed by atoms with Crippen LogP contribution in [0.4, 0.5) is 0 Å². The summed E-state index contributed by atoms with van der Waals surface area (Å²) in [4.78, 5) is 27.1. The smallest absolute Gasteiger partial charge is 0.245 e. The second kappa shape index (κ2) is 6.37. The van der Waals surface area contributed by atoms with Gasteiger partial charge in [0.2, 0.25) is 11.8 Å². The van der Waals surface area contributed by atoms with Crippen molar-refractivity contribution in [3.63, 3.8) is 0 Å². The summed E-state index contributed by atoms with van der Waals surface area (Å²) in [7, 11) is 0. The number of amides is 2. The largest absolute Gasteiger partial charge is 0.344 e. The molecular weight excluding hydrogens is 264 g/mol. The van der Waals surface area contributed by atoms with Crippen molar-refractivity contribution in [2.75, 3.05) is 6.54 Å². The van der Waals surface area contributed by atoms with Crippen molar-refractivity contribution in [2.24, 2.45) is 11.8 Å². The van der Waals surface area contributed by atoms with E-state index in [-0.39, 0.29) is 23.9 Å². The molecule has 3 rings (SSSR count). The van der Waals surface area contributed by atoms with Crippen LogP contribution in [0.3, 0.4) is 0 Å².